The van der Waals surface area contributed by atoms with Gasteiger partial charge in [-0.25, -0.2) is 4.68 Å². The van der Waals surface area contributed by atoms with E-state index < -0.39 is 4.92 Å². The van der Waals surface area contributed by atoms with Crippen LogP contribution in [0.4, 0.5) is 11.5 Å². The largest absolute Gasteiger partial charge is 0.497 e. The van der Waals surface area contributed by atoms with Gasteiger partial charge in [0.05, 0.1) is 17.7 Å². The molecule has 0 radical (unpaired) electrons. The number of rotatable bonds is 4. The smallest absolute Gasteiger partial charge is 0.334 e. The molecular formula is C13H16N4O3. The van der Waals surface area contributed by atoms with Crippen LogP contribution in [0.15, 0.2) is 24.3 Å². The molecule has 0 amide bonds. The van der Waals surface area contributed by atoms with Gasteiger partial charge in [0.1, 0.15) is 11.4 Å². The van der Waals surface area contributed by atoms with E-state index in [0.717, 1.165) is 0 Å². The fourth-order valence-corrected chi connectivity index (χ4v) is 1.96. The van der Waals surface area contributed by atoms with Crippen molar-refractivity contribution in [2.24, 2.45) is 0 Å². The van der Waals surface area contributed by atoms with Gasteiger partial charge in [0.25, 0.3) is 0 Å². The van der Waals surface area contributed by atoms with Crippen LogP contribution in [0.5, 0.6) is 5.75 Å². The molecule has 0 aliphatic rings. The van der Waals surface area contributed by atoms with Crippen molar-refractivity contribution < 1.29 is 9.66 Å². The lowest BCUT2D eigenvalue weighted by Crippen LogP contribution is -2.03. The molecule has 0 bridgehead atoms. The lowest BCUT2D eigenvalue weighted by Gasteiger charge is -2.05. The molecule has 7 nitrogen and oxygen atoms in total. The number of nitrogens with zero attached hydrogens (tertiary/aromatic N) is 3. The maximum atomic E-state index is 11.2. The Morgan fingerprint density at radius 3 is 2.65 bits per heavy atom. The van der Waals surface area contributed by atoms with Gasteiger partial charge in [-0.3, -0.25) is 10.1 Å². The Hall–Kier alpha value is -2.57. The molecule has 7 heteroatoms. The van der Waals surface area contributed by atoms with Gasteiger partial charge in [-0.1, -0.05) is 19.9 Å². The normalized spacial score (nSPS) is 10.8. The standard InChI is InChI=1S/C13H16N4O3/c1-8(2)11-12(17(18)19)13(14)16(15-11)9-5-4-6-10(7-9)20-3/h4-8H,14H2,1-3H3. The monoisotopic (exact) mass is 276 g/mol. The summed E-state index contributed by atoms with van der Waals surface area (Å²) in [5, 5.41) is 15.4. The van der Waals surface area contributed by atoms with Crippen LogP contribution in [0.25, 0.3) is 5.69 Å². The number of nitrogen functional groups attached to an aromatic ring is 1. The summed E-state index contributed by atoms with van der Waals surface area (Å²) in [6.07, 6.45) is 0. The summed E-state index contributed by atoms with van der Waals surface area (Å²) >= 11 is 0. The first-order chi connectivity index (χ1) is 9.45. The Kier molecular flexibility index (Phi) is 3.60. The van der Waals surface area contributed by atoms with Crippen molar-refractivity contribution in [3.8, 4) is 11.4 Å². The van der Waals surface area contributed by atoms with E-state index in [1.54, 1.807) is 31.4 Å². The van der Waals surface area contributed by atoms with Crippen molar-refractivity contribution in [3.63, 3.8) is 0 Å². The minimum Gasteiger partial charge on any atom is -0.497 e. The summed E-state index contributed by atoms with van der Waals surface area (Å²) in [6, 6.07) is 7.04. The van der Waals surface area contributed by atoms with Gasteiger partial charge >= 0.3 is 5.69 Å². The lowest BCUT2D eigenvalue weighted by atomic mass is 10.1. The molecule has 1 heterocycles. The van der Waals surface area contributed by atoms with E-state index in [0.29, 0.717) is 17.1 Å². The maximum Gasteiger partial charge on any atom is 0.334 e. The van der Waals surface area contributed by atoms with Gasteiger partial charge in [0, 0.05) is 12.0 Å². The van der Waals surface area contributed by atoms with Crippen LogP contribution in [0.1, 0.15) is 25.5 Å². The zero-order valence-electron chi connectivity index (χ0n) is 11.5. The predicted molar refractivity (Wildman–Crippen MR) is 75.3 cm³/mol. The third-order valence-corrected chi connectivity index (χ3v) is 2.95. The Morgan fingerprint density at radius 1 is 1.45 bits per heavy atom. The van der Waals surface area contributed by atoms with Gasteiger partial charge in [0.2, 0.25) is 5.82 Å². The number of benzene rings is 1. The summed E-state index contributed by atoms with van der Waals surface area (Å²) in [5.41, 5.74) is 6.74. The first kappa shape index (κ1) is 13.9. The average molecular weight is 276 g/mol. The molecule has 106 valence electrons. The molecule has 2 N–H and O–H groups in total. The molecule has 0 unspecified atom stereocenters. The lowest BCUT2D eigenvalue weighted by molar-refractivity contribution is -0.384. The second kappa shape index (κ2) is 5.20. The van der Waals surface area contributed by atoms with E-state index in [9.17, 15) is 10.1 Å². The second-order valence-corrected chi connectivity index (χ2v) is 4.64. The van der Waals surface area contributed by atoms with Crippen LogP contribution in [-0.4, -0.2) is 21.8 Å². The van der Waals surface area contributed by atoms with Crippen molar-refractivity contribution in [1.82, 2.24) is 9.78 Å². The molecule has 1 aromatic carbocycles. The van der Waals surface area contributed by atoms with Gasteiger partial charge < -0.3 is 10.5 Å². The molecule has 2 aromatic rings. The SMILES string of the molecule is COc1cccc(-n2nc(C(C)C)c([N+](=O)[O-])c2N)c1. The zero-order valence-corrected chi connectivity index (χ0v) is 11.5. The van der Waals surface area contributed by atoms with E-state index in [-0.39, 0.29) is 17.4 Å². The minimum atomic E-state index is -0.492. The number of hydrogen-bond donors (Lipinski definition) is 1. The molecule has 1 aromatic heterocycles. The molecule has 0 aliphatic carbocycles. The first-order valence-corrected chi connectivity index (χ1v) is 6.13. The third-order valence-electron chi connectivity index (χ3n) is 2.95. The van der Waals surface area contributed by atoms with Gasteiger partial charge in [-0.05, 0) is 12.1 Å². The van der Waals surface area contributed by atoms with Crippen LogP contribution in [0, 0.1) is 10.1 Å². The minimum absolute atomic E-state index is 0.0203. The van der Waals surface area contributed by atoms with E-state index >= 15 is 0 Å². The number of nitro groups is 1. The molecule has 2 rings (SSSR count). The van der Waals surface area contributed by atoms with E-state index in [4.69, 9.17) is 10.5 Å². The van der Waals surface area contributed by atoms with Crippen LogP contribution in [-0.2, 0) is 0 Å². The van der Waals surface area contributed by atoms with Gasteiger partial charge in [0.15, 0.2) is 0 Å². The molecule has 0 atom stereocenters. The van der Waals surface area contributed by atoms with Gasteiger partial charge in [-0.15, -0.1) is 0 Å². The van der Waals surface area contributed by atoms with Crippen molar-refractivity contribution in [2.75, 3.05) is 12.8 Å². The fourth-order valence-electron chi connectivity index (χ4n) is 1.96. The molecule has 0 saturated heterocycles. The fraction of sp³-hybridized carbons (Fsp3) is 0.308. The van der Waals surface area contributed by atoms with Crippen LogP contribution >= 0.6 is 0 Å². The van der Waals surface area contributed by atoms with E-state index in [1.807, 2.05) is 13.8 Å². The highest BCUT2D eigenvalue weighted by Gasteiger charge is 2.28. The predicted octanol–water partition coefficient (Wildman–Crippen LogP) is 2.49. The summed E-state index contributed by atoms with van der Waals surface area (Å²) in [4.78, 5) is 10.7. The van der Waals surface area contributed by atoms with Crippen molar-refractivity contribution in [1.29, 1.82) is 0 Å². The highest BCUT2D eigenvalue weighted by Crippen LogP contribution is 2.33. The molecule has 20 heavy (non-hydrogen) atoms. The maximum absolute atomic E-state index is 11.2. The number of anilines is 1. The summed E-state index contributed by atoms with van der Waals surface area (Å²) in [5.74, 6) is 0.558. The number of nitrogens with two attached hydrogens (primary N) is 1. The zero-order chi connectivity index (χ0) is 14.9. The highest BCUT2D eigenvalue weighted by atomic mass is 16.6. The number of methoxy groups -OCH3 is 1. The molecule has 0 saturated carbocycles. The molecular weight excluding hydrogens is 260 g/mol. The first-order valence-electron chi connectivity index (χ1n) is 6.13. The van der Waals surface area contributed by atoms with E-state index in [2.05, 4.69) is 5.10 Å². The Balaban J connectivity index is 2.63. The van der Waals surface area contributed by atoms with Crippen LogP contribution in [0.3, 0.4) is 0 Å². The Bertz CT molecular complexity index is 649. The average Bonchev–Trinajstić information content (AvgIpc) is 2.77. The van der Waals surface area contributed by atoms with Crippen molar-refractivity contribution in [2.45, 2.75) is 19.8 Å². The topological polar surface area (TPSA) is 96.2 Å². The van der Waals surface area contributed by atoms with Crippen LogP contribution < -0.4 is 10.5 Å². The Morgan fingerprint density at radius 2 is 2.15 bits per heavy atom. The Labute approximate surface area is 116 Å². The second-order valence-electron chi connectivity index (χ2n) is 4.64. The van der Waals surface area contributed by atoms with Gasteiger partial charge in [-0.2, -0.15) is 5.10 Å². The van der Waals surface area contributed by atoms with Crippen molar-refractivity contribution >= 4 is 11.5 Å². The number of aromatic nitrogens is 2. The van der Waals surface area contributed by atoms with E-state index in [1.165, 1.54) is 4.68 Å². The third kappa shape index (κ3) is 2.29. The summed E-state index contributed by atoms with van der Waals surface area (Å²) in [6.45, 7) is 3.68. The quantitative estimate of drug-likeness (QED) is 0.683. The molecule has 0 spiro atoms. The summed E-state index contributed by atoms with van der Waals surface area (Å²) in [7, 11) is 1.55. The summed E-state index contributed by atoms with van der Waals surface area (Å²) < 4.78 is 6.50. The molecule has 0 fully saturated rings. The molecule has 0 aliphatic heterocycles. The van der Waals surface area contributed by atoms with Crippen LogP contribution in [0.2, 0.25) is 0 Å². The number of ether oxygens (including phenoxy) is 1. The number of hydrogen-bond acceptors (Lipinski definition) is 5. The van der Waals surface area contributed by atoms with Crippen molar-refractivity contribution in [3.05, 3.63) is 40.1 Å². The highest BCUT2D eigenvalue weighted by molar-refractivity contribution is 5.61.